The summed E-state index contributed by atoms with van der Waals surface area (Å²) in [5.41, 5.74) is 3.02. The van der Waals surface area contributed by atoms with Crippen molar-refractivity contribution in [1.29, 1.82) is 0 Å². The van der Waals surface area contributed by atoms with E-state index in [2.05, 4.69) is 4.99 Å². The van der Waals surface area contributed by atoms with Gasteiger partial charge in [-0.2, -0.15) is 0 Å². The van der Waals surface area contributed by atoms with Gasteiger partial charge in [-0.15, -0.1) is 0 Å². The first kappa shape index (κ1) is 17.5. The van der Waals surface area contributed by atoms with Gasteiger partial charge in [0.15, 0.2) is 5.17 Å². The highest BCUT2D eigenvalue weighted by atomic mass is 32.2. The summed E-state index contributed by atoms with van der Waals surface area (Å²) in [4.78, 5) is 19.8. The van der Waals surface area contributed by atoms with Crippen LogP contribution in [0.5, 0.6) is 0 Å². The molecule has 0 atom stereocenters. The van der Waals surface area contributed by atoms with Gasteiger partial charge in [-0.3, -0.25) is 9.69 Å². The Labute approximate surface area is 152 Å². The van der Waals surface area contributed by atoms with Crippen LogP contribution in [0, 0.1) is 6.92 Å². The molecule has 0 unspecified atom stereocenters. The van der Waals surface area contributed by atoms with Crippen molar-refractivity contribution in [2.24, 2.45) is 4.99 Å². The van der Waals surface area contributed by atoms with E-state index in [9.17, 15) is 4.79 Å². The lowest BCUT2D eigenvalue weighted by Gasteiger charge is -2.14. The molecular formula is C20H20N2O2S. The van der Waals surface area contributed by atoms with E-state index in [1.807, 2.05) is 67.6 Å². The highest BCUT2D eigenvalue weighted by Crippen LogP contribution is 2.34. The van der Waals surface area contributed by atoms with E-state index in [1.165, 1.54) is 11.8 Å². The lowest BCUT2D eigenvalue weighted by molar-refractivity contribution is -0.122. The van der Waals surface area contributed by atoms with E-state index >= 15 is 0 Å². The number of hydrogen-bond donors (Lipinski definition) is 0. The zero-order valence-electron chi connectivity index (χ0n) is 14.3. The first-order chi connectivity index (χ1) is 12.2. The minimum Gasteiger partial charge on any atom is -0.383 e. The summed E-state index contributed by atoms with van der Waals surface area (Å²) < 4.78 is 5.15. The van der Waals surface area contributed by atoms with E-state index < -0.39 is 0 Å². The van der Waals surface area contributed by atoms with Gasteiger partial charge in [0.05, 0.1) is 23.7 Å². The molecule has 1 aliphatic rings. The van der Waals surface area contributed by atoms with Gasteiger partial charge in [-0.1, -0.05) is 42.5 Å². The molecule has 0 saturated carbocycles. The summed E-state index contributed by atoms with van der Waals surface area (Å²) in [6.07, 6.45) is 1.94. The number of benzene rings is 2. The Morgan fingerprint density at radius 2 is 1.84 bits per heavy atom. The summed E-state index contributed by atoms with van der Waals surface area (Å²) in [6, 6.07) is 17.7. The Morgan fingerprint density at radius 1 is 1.12 bits per heavy atom. The molecule has 0 bridgehead atoms. The number of aliphatic imine (C=N–C) groups is 1. The minimum absolute atomic E-state index is 0.0278. The molecule has 4 nitrogen and oxygen atoms in total. The number of nitrogens with zero attached hydrogens (tertiary/aromatic N) is 2. The highest BCUT2D eigenvalue weighted by Gasteiger charge is 2.33. The summed E-state index contributed by atoms with van der Waals surface area (Å²) in [7, 11) is 1.63. The van der Waals surface area contributed by atoms with E-state index in [0.717, 1.165) is 16.8 Å². The summed E-state index contributed by atoms with van der Waals surface area (Å²) in [5, 5.41) is 0.688. The van der Waals surface area contributed by atoms with Crippen LogP contribution in [0.3, 0.4) is 0 Å². The van der Waals surface area contributed by atoms with Crippen molar-refractivity contribution in [2.45, 2.75) is 6.92 Å². The first-order valence-electron chi connectivity index (χ1n) is 8.09. The Hall–Kier alpha value is -2.37. The fraction of sp³-hybridized carbons (Fsp3) is 0.200. The van der Waals surface area contributed by atoms with Crippen LogP contribution in [-0.2, 0) is 9.53 Å². The molecule has 128 valence electrons. The molecule has 2 aromatic rings. The summed E-state index contributed by atoms with van der Waals surface area (Å²) in [5.74, 6) is -0.0278. The Bertz CT molecular complexity index is 815. The SMILES string of the molecule is COCCN1C(=O)/C(=C\c2ccccc2C)SC1=Nc1ccccc1. The maximum atomic E-state index is 12.8. The average Bonchev–Trinajstić information content (AvgIpc) is 2.91. The standard InChI is InChI=1S/C20H20N2O2S/c1-15-8-6-7-9-16(15)14-18-19(23)22(12-13-24-2)20(25-18)21-17-10-4-3-5-11-17/h3-11,14H,12-13H2,1-2H3/b18-14+,21-20?. The minimum atomic E-state index is -0.0278. The lowest BCUT2D eigenvalue weighted by Crippen LogP contribution is -2.32. The number of aryl methyl sites for hydroxylation is 1. The van der Waals surface area contributed by atoms with Gasteiger partial charge >= 0.3 is 0 Å². The molecule has 0 spiro atoms. The van der Waals surface area contributed by atoms with E-state index in [1.54, 1.807) is 12.0 Å². The summed E-state index contributed by atoms with van der Waals surface area (Å²) in [6.45, 7) is 3.00. The largest absolute Gasteiger partial charge is 0.383 e. The molecule has 2 aromatic carbocycles. The number of methoxy groups -OCH3 is 1. The topological polar surface area (TPSA) is 41.9 Å². The molecule has 0 radical (unpaired) electrons. The van der Waals surface area contributed by atoms with Gasteiger partial charge in [0, 0.05) is 7.11 Å². The molecule has 25 heavy (non-hydrogen) atoms. The van der Waals surface area contributed by atoms with Crippen molar-refractivity contribution in [2.75, 3.05) is 20.3 Å². The third-order valence-electron chi connectivity index (χ3n) is 3.86. The summed E-state index contributed by atoms with van der Waals surface area (Å²) >= 11 is 1.41. The predicted octanol–water partition coefficient (Wildman–Crippen LogP) is 4.25. The van der Waals surface area contributed by atoms with Crippen LogP contribution in [0.1, 0.15) is 11.1 Å². The van der Waals surface area contributed by atoms with E-state index in [4.69, 9.17) is 4.74 Å². The number of para-hydroxylation sites is 1. The third kappa shape index (κ3) is 4.18. The van der Waals surface area contributed by atoms with Gasteiger partial charge in [0.25, 0.3) is 5.91 Å². The number of rotatable bonds is 5. The normalized spacial score (nSPS) is 17.7. The highest BCUT2D eigenvalue weighted by molar-refractivity contribution is 8.18. The molecule has 0 aliphatic carbocycles. The van der Waals surface area contributed by atoms with Crippen LogP contribution in [0.4, 0.5) is 5.69 Å². The number of thioether (sulfide) groups is 1. The molecule has 0 N–H and O–H groups in total. The Balaban J connectivity index is 1.94. The van der Waals surface area contributed by atoms with Crippen molar-refractivity contribution in [1.82, 2.24) is 4.90 Å². The van der Waals surface area contributed by atoms with Gasteiger partial charge < -0.3 is 4.74 Å². The van der Waals surface area contributed by atoms with Crippen LogP contribution in [-0.4, -0.2) is 36.2 Å². The van der Waals surface area contributed by atoms with E-state index in [-0.39, 0.29) is 5.91 Å². The fourth-order valence-electron chi connectivity index (χ4n) is 2.47. The van der Waals surface area contributed by atoms with Gasteiger partial charge in [0.1, 0.15) is 0 Å². The second kappa shape index (κ2) is 8.14. The molecule has 1 aliphatic heterocycles. The number of ether oxygens (including phenoxy) is 1. The molecule has 1 amide bonds. The zero-order chi connectivity index (χ0) is 17.6. The average molecular weight is 352 g/mol. The van der Waals surface area contributed by atoms with Gasteiger partial charge in [-0.05, 0) is 48.0 Å². The molecular weight excluding hydrogens is 332 g/mol. The third-order valence-corrected chi connectivity index (χ3v) is 4.87. The van der Waals surface area contributed by atoms with Crippen LogP contribution in [0.15, 0.2) is 64.5 Å². The van der Waals surface area contributed by atoms with Crippen LogP contribution in [0.25, 0.3) is 6.08 Å². The van der Waals surface area contributed by atoms with E-state index in [0.29, 0.717) is 23.2 Å². The number of carbonyl (C=O) groups is 1. The van der Waals surface area contributed by atoms with Crippen molar-refractivity contribution >= 4 is 34.6 Å². The molecule has 1 fully saturated rings. The zero-order valence-corrected chi connectivity index (χ0v) is 15.1. The molecule has 0 aromatic heterocycles. The van der Waals surface area contributed by atoms with Crippen LogP contribution in [0.2, 0.25) is 0 Å². The van der Waals surface area contributed by atoms with Crippen LogP contribution < -0.4 is 0 Å². The van der Waals surface area contributed by atoms with Crippen molar-refractivity contribution in [3.8, 4) is 0 Å². The molecule has 3 rings (SSSR count). The predicted molar refractivity (Wildman–Crippen MR) is 104 cm³/mol. The quantitative estimate of drug-likeness (QED) is 0.756. The Morgan fingerprint density at radius 3 is 2.56 bits per heavy atom. The monoisotopic (exact) mass is 352 g/mol. The van der Waals surface area contributed by atoms with Crippen molar-refractivity contribution in [3.63, 3.8) is 0 Å². The smallest absolute Gasteiger partial charge is 0.266 e. The number of amidine groups is 1. The Kier molecular flexibility index (Phi) is 5.68. The molecule has 1 heterocycles. The number of carbonyl (C=O) groups excluding carboxylic acids is 1. The first-order valence-corrected chi connectivity index (χ1v) is 8.90. The number of hydrogen-bond acceptors (Lipinski definition) is 4. The van der Waals surface area contributed by atoms with Crippen LogP contribution >= 0.6 is 11.8 Å². The van der Waals surface area contributed by atoms with Gasteiger partial charge in [0.2, 0.25) is 0 Å². The second-order valence-corrected chi connectivity index (χ2v) is 6.66. The molecule has 5 heteroatoms. The lowest BCUT2D eigenvalue weighted by atomic mass is 10.1. The maximum absolute atomic E-state index is 12.8. The van der Waals surface area contributed by atoms with Gasteiger partial charge in [-0.25, -0.2) is 4.99 Å². The number of amides is 1. The maximum Gasteiger partial charge on any atom is 0.266 e. The fourth-order valence-corrected chi connectivity index (χ4v) is 3.49. The second-order valence-electron chi connectivity index (χ2n) is 5.65. The molecule has 1 saturated heterocycles. The van der Waals surface area contributed by atoms with Crippen molar-refractivity contribution < 1.29 is 9.53 Å². The van der Waals surface area contributed by atoms with Crippen molar-refractivity contribution in [3.05, 3.63) is 70.6 Å².